The van der Waals surface area contributed by atoms with Gasteiger partial charge in [-0.1, -0.05) is 6.07 Å². The highest BCUT2D eigenvalue weighted by molar-refractivity contribution is 5.90. The molecule has 0 spiro atoms. The van der Waals surface area contributed by atoms with Crippen molar-refractivity contribution >= 4 is 11.8 Å². The molecule has 1 aromatic rings. The summed E-state index contributed by atoms with van der Waals surface area (Å²) < 4.78 is 49.0. The molecule has 3 aliphatic rings. The van der Waals surface area contributed by atoms with E-state index in [1.807, 2.05) is 18.2 Å². The lowest BCUT2D eigenvalue weighted by Crippen LogP contribution is -2.55. The summed E-state index contributed by atoms with van der Waals surface area (Å²) in [6.07, 6.45) is -4.27. The molecule has 0 N–H and O–H groups in total. The summed E-state index contributed by atoms with van der Waals surface area (Å²) in [5.41, 5.74) is 1.06. The van der Waals surface area contributed by atoms with E-state index in [-0.39, 0.29) is 25.7 Å². The third-order valence-corrected chi connectivity index (χ3v) is 5.57. The van der Waals surface area contributed by atoms with Crippen LogP contribution in [0.3, 0.4) is 0 Å². The minimum absolute atomic E-state index is 0.0289. The van der Waals surface area contributed by atoms with Crippen molar-refractivity contribution in [2.24, 2.45) is 0 Å². The average Bonchev–Trinajstić information content (AvgIpc) is 3.35. The third kappa shape index (κ3) is 4.12. The lowest BCUT2D eigenvalue weighted by atomic mass is 10.1. The molecule has 1 atom stereocenters. The minimum atomic E-state index is -4.95. The Bertz CT molecular complexity index is 793. The maximum Gasteiger partial charge on any atom is 0.471 e. The number of benzene rings is 1. The molecule has 3 aliphatic heterocycles. The zero-order valence-corrected chi connectivity index (χ0v) is 15.8. The molecule has 7 nitrogen and oxygen atoms in total. The van der Waals surface area contributed by atoms with Gasteiger partial charge in [-0.15, -0.1) is 0 Å². The van der Waals surface area contributed by atoms with Gasteiger partial charge in [-0.3, -0.25) is 14.5 Å². The molecular weight excluding hydrogens is 391 g/mol. The number of carbonyl (C=O) groups is 2. The number of halogens is 3. The Morgan fingerprint density at radius 1 is 1.03 bits per heavy atom. The van der Waals surface area contributed by atoms with Crippen LogP contribution in [-0.4, -0.2) is 78.2 Å². The van der Waals surface area contributed by atoms with E-state index in [0.29, 0.717) is 49.8 Å². The second-order valence-electron chi connectivity index (χ2n) is 7.44. The van der Waals surface area contributed by atoms with Crippen LogP contribution in [0.1, 0.15) is 18.4 Å². The molecular formula is C19H22F3N3O4. The largest absolute Gasteiger partial charge is 0.471 e. The summed E-state index contributed by atoms with van der Waals surface area (Å²) in [5, 5.41) is 0. The van der Waals surface area contributed by atoms with Crippen molar-refractivity contribution < 1.29 is 32.2 Å². The van der Waals surface area contributed by atoms with Crippen molar-refractivity contribution in [2.45, 2.75) is 31.6 Å². The molecule has 0 radical (unpaired) electrons. The Morgan fingerprint density at radius 3 is 2.48 bits per heavy atom. The van der Waals surface area contributed by atoms with Crippen LogP contribution in [0, 0.1) is 0 Å². The Hall–Kier alpha value is -2.49. The molecule has 4 rings (SSSR count). The second-order valence-corrected chi connectivity index (χ2v) is 7.44. The van der Waals surface area contributed by atoms with Crippen molar-refractivity contribution in [3.05, 3.63) is 23.8 Å². The lowest BCUT2D eigenvalue weighted by Gasteiger charge is -2.37. The highest BCUT2D eigenvalue weighted by Crippen LogP contribution is 2.33. The minimum Gasteiger partial charge on any atom is -0.454 e. The normalized spacial score (nSPS) is 22.2. The number of nitrogens with zero attached hydrogens (tertiary/aromatic N) is 3. The second kappa shape index (κ2) is 7.74. The van der Waals surface area contributed by atoms with Gasteiger partial charge in [0.25, 0.3) is 0 Å². The number of hydrogen-bond acceptors (Lipinski definition) is 5. The maximum atomic E-state index is 12.8. The van der Waals surface area contributed by atoms with Crippen LogP contribution in [0.15, 0.2) is 18.2 Å². The van der Waals surface area contributed by atoms with Gasteiger partial charge in [0.1, 0.15) is 6.04 Å². The summed E-state index contributed by atoms with van der Waals surface area (Å²) in [6, 6.07) is 4.75. The number of carbonyl (C=O) groups excluding carboxylic acids is 2. The molecule has 0 aliphatic carbocycles. The van der Waals surface area contributed by atoms with Crippen molar-refractivity contribution in [1.82, 2.24) is 14.7 Å². The van der Waals surface area contributed by atoms with Gasteiger partial charge in [0, 0.05) is 39.3 Å². The maximum absolute atomic E-state index is 12.8. The van der Waals surface area contributed by atoms with E-state index in [1.165, 1.54) is 0 Å². The molecule has 0 aromatic heterocycles. The van der Waals surface area contributed by atoms with Gasteiger partial charge >= 0.3 is 12.1 Å². The first kappa shape index (κ1) is 19.8. The summed E-state index contributed by atoms with van der Waals surface area (Å²) in [6.45, 7) is 2.94. The van der Waals surface area contributed by atoms with Gasteiger partial charge in [0.15, 0.2) is 11.5 Å². The first-order valence-electron chi connectivity index (χ1n) is 9.60. The first-order valence-corrected chi connectivity index (χ1v) is 9.60. The molecule has 3 heterocycles. The molecule has 1 unspecified atom stereocenters. The van der Waals surface area contributed by atoms with E-state index < -0.39 is 18.1 Å². The quantitative estimate of drug-likeness (QED) is 0.754. The van der Waals surface area contributed by atoms with Gasteiger partial charge in [-0.25, -0.2) is 0 Å². The van der Waals surface area contributed by atoms with Crippen molar-refractivity contribution in [3.8, 4) is 11.5 Å². The number of hydrogen-bond donors (Lipinski definition) is 0. The van der Waals surface area contributed by atoms with Crippen LogP contribution in [0.2, 0.25) is 0 Å². The fourth-order valence-corrected chi connectivity index (χ4v) is 4.06. The van der Waals surface area contributed by atoms with Crippen LogP contribution in [0.25, 0.3) is 0 Å². The summed E-state index contributed by atoms with van der Waals surface area (Å²) >= 11 is 0. The van der Waals surface area contributed by atoms with Gasteiger partial charge < -0.3 is 19.3 Å². The van der Waals surface area contributed by atoms with Gasteiger partial charge in [0.05, 0.1) is 0 Å². The van der Waals surface area contributed by atoms with Crippen LogP contribution >= 0.6 is 0 Å². The molecule has 2 saturated heterocycles. The van der Waals surface area contributed by atoms with Crippen LogP contribution in [0.5, 0.6) is 11.5 Å². The molecule has 1 aromatic carbocycles. The van der Waals surface area contributed by atoms with E-state index >= 15 is 0 Å². The van der Waals surface area contributed by atoms with Crippen LogP contribution < -0.4 is 9.47 Å². The summed E-state index contributed by atoms with van der Waals surface area (Å²) in [7, 11) is 0. The molecule has 2 amide bonds. The monoisotopic (exact) mass is 413 g/mol. The smallest absolute Gasteiger partial charge is 0.454 e. The first-order chi connectivity index (χ1) is 13.8. The molecule has 29 heavy (non-hydrogen) atoms. The fourth-order valence-electron chi connectivity index (χ4n) is 4.06. The zero-order valence-electron chi connectivity index (χ0n) is 15.8. The van der Waals surface area contributed by atoms with Crippen molar-refractivity contribution in [2.75, 3.05) is 39.5 Å². The van der Waals surface area contributed by atoms with Crippen LogP contribution in [0.4, 0.5) is 13.2 Å². The Kier molecular flexibility index (Phi) is 5.28. The molecule has 0 bridgehead atoms. The van der Waals surface area contributed by atoms with Gasteiger partial charge in [-0.2, -0.15) is 13.2 Å². The molecule has 0 saturated carbocycles. The van der Waals surface area contributed by atoms with E-state index in [2.05, 4.69) is 4.90 Å². The predicted molar refractivity (Wildman–Crippen MR) is 95.2 cm³/mol. The SMILES string of the molecule is O=C(C1CCCN1C(=O)C(F)(F)F)N1CCN(Cc2ccc3c(c2)OCO3)CC1. The number of amides is 2. The van der Waals surface area contributed by atoms with E-state index in [1.54, 1.807) is 4.90 Å². The summed E-state index contributed by atoms with van der Waals surface area (Å²) in [5.74, 6) is -0.872. The standard InChI is InChI=1S/C19H22F3N3O4/c20-19(21,22)18(27)25-5-1-2-14(25)17(26)24-8-6-23(7-9-24)11-13-3-4-15-16(10-13)29-12-28-15/h3-4,10,14H,1-2,5-9,11-12H2. The zero-order chi connectivity index (χ0) is 20.6. The van der Waals surface area contributed by atoms with Gasteiger partial charge in [-0.05, 0) is 30.5 Å². The van der Waals surface area contributed by atoms with E-state index in [0.717, 1.165) is 11.3 Å². The Morgan fingerprint density at radius 2 is 1.76 bits per heavy atom. The number of ether oxygens (including phenoxy) is 2. The number of fused-ring (bicyclic) bond motifs is 1. The predicted octanol–water partition coefficient (Wildman–Crippen LogP) is 1.61. The topological polar surface area (TPSA) is 62.3 Å². The van der Waals surface area contributed by atoms with E-state index in [9.17, 15) is 22.8 Å². The van der Waals surface area contributed by atoms with Crippen molar-refractivity contribution in [1.29, 1.82) is 0 Å². The number of likely N-dealkylation sites (tertiary alicyclic amines) is 1. The third-order valence-electron chi connectivity index (χ3n) is 5.57. The van der Waals surface area contributed by atoms with E-state index in [4.69, 9.17) is 9.47 Å². The number of rotatable bonds is 3. The fraction of sp³-hybridized carbons (Fsp3) is 0.579. The van der Waals surface area contributed by atoms with Gasteiger partial charge in [0.2, 0.25) is 12.7 Å². The number of alkyl halides is 3. The average molecular weight is 413 g/mol. The Balaban J connectivity index is 1.32. The highest BCUT2D eigenvalue weighted by atomic mass is 19.4. The van der Waals surface area contributed by atoms with Crippen molar-refractivity contribution in [3.63, 3.8) is 0 Å². The number of piperazine rings is 1. The Labute approximate surface area is 165 Å². The lowest BCUT2D eigenvalue weighted by molar-refractivity contribution is -0.187. The molecule has 158 valence electrons. The molecule has 2 fully saturated rings. The highest BCUT2D eigenvalue weighted by Gasteiger charge is 2.48. The molecule has 10 heteroatoms. The van der Waals surface area contributed by atoms with Crippen LogP contribution in [-0.2, 0) is 16.1 Å². The summed E-state index contributed by atoms with van der Waals surface area (Å²) in [4.78, 5) is 28.8.